The fourth-order valence-electron chi connectivity index (χ4n) is 3.41. The fraction of sp³-hybridized carbons (Fsp3) is 0.667. The van der Waals surface area contributed by atoms with Crippen molar-refractivity contribution in [1.82, 2.24) is 9.80 Å². The van der Waals surface area contributed by atoms with Crippen LogP contribution < -0.4 is 0 Å². The Morgan fingerprint density at radius 2 is 2.20 bits per heavy atom. The van der Waals surface area contributed by atoms with E-state index in [9.17, 15) is 4.79 Å². The second kappa shape index (κ2) is 5.84. The van der Waals surface area contributed by atoms with Crippen molar-refractivity contribution >= 4 is 17.2 Å². The number of rotatable bonds is 2. The largest absolute Gasteiger partial charge is 0.378 e. The molecule has 2 aliphatic rings. The summed E-state index contributed by atoms with van der Waals surface area (Å²) < 4.78 is 5.72. The van der Waals surface area contributed by atoms with E-state index in [1.165, 1.54) is 0 Å². The molecule has 4 nitrogen and oxygen atoms in total. The third-order valence-electron chi connectivity index (χ3n) is 4.68. The summed E-state index contributed by atoms with van der Waals surface area (Å²) in [5.74, 6) is 0.181. The summed E-state index contributed by atoms with van der Waals surface area (Å²) in [6.45, 7) is 7.66. The van der Waals surface area contributed by atoms with Gasteiger partial charge in [0.1, 0.15) is 0 Å². The van der Waals surface area contributed by atoms with Gasteiger partial charge in [-0.05, 0) is 30.8 Å². The van der Waals surface area contributed by atoms with E-state index in [4.69, 9.17) is 4.74 Å². The van der Waals surface area contributed by atoms with Crippen LogP contribution in [0.25, 0.3) is 0 Å². The molecule has 0 N–H and O–H groups in total. The molecule has 1 spiro atoms. The molecule has 3 heterocycles. The number of hydrogen-bond donors (Lipinski definition) is 0. The third-order valence-corrected chi connectivity index (χ3v) is 5.36. The van der Waals surface area contributed by atoms with Gasteiger partial charge in [0.15, 0.2) is 0 Å². The van der Waals surface area contributed by atoms with Crippen LogP contribution in [-0.4, -0.2) is 60.6 Å². The predicted molar refractivity (Wildman–Crippen MR) is 80.3 cm³/mol. The summed E-state index contributed by atoms with van der Waals surface area (Å²) in [5, 5.41) is 3.90. The Bertz CT molecular complexity index is 452. The molecule has 1 aromatic heterocycles. The van der Waals surface area contributed by atoms with Crippen LogP contribution in [0.5, 0.6) is 0 Å². The summed E-state index contributed by atoms with van der Waals surface area (Å²) in [6, 6.07) is 1.92. The predicted octanol–water partition coefficient (Wildman–Crippen LogP) is 2.07. The summed E-state index contributed by atoms with van der Waals surface area (Å²) in [5.41, 5.74) is 0.997. The average molecular weight is 294 g/mol. The maximum atomic E-state index is 12.4. The molecule has 3 rings (SSSR count). The molecule has 1 amide bonds. The van der Waals surface area contributed by atoms with Crippen molar-refractivity contribution in [2.24, 2.45) is 0 Å². The fourth-order valence-corrected chi connectivity index (χ4v) is 4.04. The number of thiophene rings is 1. The van der Waals surface area contributed by atoms with Gasteiger partial charge in [0, 0.05) is 30.6 Å². The average Bonchev–Trinajstić information content (AvgIpc) is 3.02. The van der Waals surface area contributed by atoms with Crippen LogP contribution in [0.2, 0.25) is 0 Å². The molecule has 5 heteroatoms. The first kappa shape index (κ1) is 14.0. The highest BCUT2D eigenvalue weighted by Crippen LogP contribution is 2.32. The number of likely N-dealkylation sites (tertiary alicyclic amines) is 1. The van der Waals surface area contributed by atoms with E-state index >= 15 is 0 Å². The monoisotopic (exact) mass is 294 g/mol. The number of likely N-dealkylation sites (N-methyl/N-ethyl adjacent to an activating group) is 1. The Balaban J connectivity index is 1.65. The Hall–Kier alpha value is -0.910. The topological polar surface area (TPSA) is 32.8 Å². The molecular formula is C15H22N2O2S. The van der Waals surface area contributed by atoms with E-state index in [1.807, 2.05) is 21.7 Å². The first-order valence-electron chi connectivity index (χ1n) is 7.39. The lowest BCUT2D eigenvalue weighted by Crippen LogP contribution is -2.61. The molecule has 0 bridgehead atoms. The second-order valence-electron chi connectivity index (χ2n) is 5.66. The number of hydrogen-bond acceptors (Lipinski definition) is 4. The van der Waals surface area contributed by atoms with E-state index in [0.29, 0.717) is 0 Å². The van der Waals surface area contributed by atoms with Crippen molar-refractivity contribution in [2.75, 3.05) is 39.4 Å². The van der Waals surface area contributed by atoms with Crippen LogP contribution in [0.4, 0.5) is 0 Å². The van der Waals surface area contributed by atoms with E-state index in [0.717, 1.165) is 57.8 Å². The van der Waals surface area contributed by atoms with E-state index in [1.54, 1.807) is 11.3 Å². The first-order chi connectivity index (χ1) is 9.75. The van der Waals surface area contributed by atoms with Gasteiger partial charge in [-0.3, -0.25) is 9.69 Å². The van der Waals surface area contributed by atoms with Gasteiger partial charge < -0.3 is 9.64 Å². The van der Waals surface area contributed by atoms with Crippen molar-refractivity contribution < 1.29 is 9.53 Å². The van der Waals surface area contributed by atoms with Crippen LogP contribution in [0, 0.1) is 0 Å². The molecular weight excluding hydrogens is 272 g/mol. The highest BCUT2D eigenvalue weighted by Gasteiger charge is 2.42. The number of piperidine rings is 1. The lowest BCUT2D eigenvalue weighted by molar-refractivity contribution is -0.0893. The molecule has 20 heavy (non-hydrogen) atoms. The maximum absolute atomic E-state index is 12.4. The standard InChI is InChI=1S/C15H22N2O2S/c1-2-17-8-9-19-12-15(17)4-6-16(7-5-15)14(18)13-3-10-20-11-13/h3,10-11H,2,4-9,12H2,1H3. The van der Waals surface area contributed by atoms with Crippen molar-refractivity contribution in [3.63, 3.8) is 0 Å². The second-order valence-corrected chi connectivity index (χ2v) is 6.44. The maximum Gasteiger partial charge on any atom is 0.254 e. The number of amides is 1. The van der Waals surface area contributed by atoms with Crippen molar-refractivity contribution in [2.45, 2.75) is 25.3 Å². The SMILES string of the molecule is CCN1CCOCC12CCN(C(=O)c1ccsc1)CC2. The number of nitrogens with zero attached hydrogens (tertiary/aromatic N) is 2. The van der Waals surface area contributed by atoms with E-state index in [2.05, 4.69) is 11.8 Å². The Labute approximate surface area is 124 Å². The van der Waals surface area contributed by atoms with Gasteiger partial charge in [-0.15, -0.1) is 0 Å². The van der Waals surface area contributed by atoms with Crippen LogP contribution in [0.15, 0.2) is 16.8 Å². The number of carbonyl (C=O) groups is 1. The van der Waals surface area contributed by atoms with Crippen LogP contribution >= 0.6 is 11.3 Å². The van der Waals surface area contributed by atoms with Gasteiger partial charge in [0.05, 0.1) is 18.8 Å². The number of carbonyl (C=O) groups excluding carboxylic acids is 1. The third kappa shape index (κ3) is 2.50. The molecule has 0 atom stereocenters. The van der Waals surface area contributed by atoms with Crippen molar-refractivity contribution in [3.05, 3.63) is 22.4 Å². The summed E-state index contributed by atoms with van der Waals surface area (Å²) in [6.07, 6.45) is 2.05. The molecule has 0 aliphatic carbocycles. The minimum Gasteiger partial charge on any atom is -0.378 e. The zero-order valence-corrected chi connectivity index (χ0v) is 12.8. The first-order valence-corrected chi connectivity index (χ1v) is 8.34. The van der Waals surface area contributed by atoms with E-state index < -0.39 is 0 Å². The van der Waals surface area contributed by atoms with Crippen LogP contribution in [0.3, 0.4) is 0 Å². The Kier molecular flexibility index (Phi) is 4.10. The molecule has 1 aromatic rings. The van der Waals surface area contributed by atoms with Gasteiger partial charge >= 0.3 is 0 Å². The lowest BCUT2D eigenvalue weighted by atomic mass is 9.85. The van der Waals surface area contributed by atoms with Crippen LogP contribution in [-0.2, 0) is 4.74 Å². The smallest absolute Gasteiger partial charge is 0.254 e. The summed E-state index contributed by atoms with van der Waals surface area (Å²) in [4.78, 5) is 16.9. The van der Waals surface area contributed by atoms with Gasteiger partial charge in [0.25, 0.3) is 5.91 Å². The molecule has 2 aliphatic heterocycles. The number of morpholine rings is 1. The highest BCUT2D eigenvalue weighted by molar-refractivity contribution is 7.08. The molecule has 2 saturated heterocycles. The molecule has 0 radical (unpaired) electrons. The van der Waals surface area contributed by atoms with Gasteiger partial charge in [-0.1, -0.05) is 6.92 Å². The number of ether oxygens (including phenoxy) is 1. The van der Waals surface area contributed by atoms with Gasteiger partial charge in [-0.2, -0.15) is 11.3 Å². The molecule has 0 saturated carbocycles. The quantitative estimate of drug-likeness (QED) is 0.837. The van der Waals surface area contributed by atoms with Crippen molar-refractivity contribution in [3.8, 4) is 0 Å². The van der Waals surface area contributed by atoms with Gasteiger partial charge in [-0.25, -0.2) is 0 Å². The zero-order chi connectivity index (χ0) is 14.0. The van der Waals surface area contributed by atoms with Gasteiger partial charge in [0.2, 0.25) is 0 Å². The molecule has 2 fully saturated rings. The normalized spacial score (nSPS) is 23.1. The Morgan fingerprint density at radius 3 is 2.85 bits per heavy atom. The zero-order valence-electron chi connectivity index (χ0n) is 12.0. The Morgan fingerprint density at radius 1 is 1.40 bits per heavy atom. The summed E-state index contributed by atoms with van der Waals surface area (Å²) in [7, 11) is 0. The highest BCUT2D eigenvalue weighted by atomic mass is 32.1. The molecule has 110 valence electrons. The lowest BCUT2D eigenvalue weighted by Gasteiger charge is -2.50. The van der Waals surface area contributed by atoms with E-state index in [-0.39, 0.29) is 11.4 Å². The van der Waals surface area contributed by atoms with Crippen molar-refractivity contribution in [1.29, 1.82) is 0 Å². The van der Waals surface area contributed by atoms with Crippen LogP contribution in [0.1, 0.15) is 30.1 Å². The molecule has 0 unspecified atom stereocenters. The summed E-state index contributed by atoms with van der Waals surface area (Å²) >= 11 is 1.58. The molecule has 0 aromatic carbocycles. The minimum atomic E-state index is 0.165. The minimum absolute atomic E-state index is 0.165.